The highest BCUT2D eigenvalue weighted by Crippen LogP contribution is 2.30. The second-order valence-electron chi connectivity index (χ2n) is 8.33. The number of aryl methyl sites for hydroxylation is 1. The third-order valence-corrected chi connectivity index (χ3v) is 5.43. The zero-order chi connectivity index (χ0) is 26.2. The Morgan fingerprint density at radius 2 is 1.69 bits per heavy atom. The number of ketones is 1. The van der Waals surface area contributed by atoms with Crippen molar-refractivity contribution in [3.05, 3.63) is 71.2 Å². The Morgan fingerprint density at radius 3 is 2.36 bits per heavy atom. The minimum atomic E-state index is -0.440. The molecule has 9 heteroatoms. The number of amides is 1. The smallest absolute Gasteiger partial charge is 0.251 e. The Bertz CT molecular complexity index is 1250. The van der Waals surface area contributed by atoms with Gasteiger partial charge in [-0.2, -0.15) is 0 Å². The first-order chi connectivity index (χ1) is 17.2. The number of likely N-dealkylation sites (N-methyl/N-ethyl adjacent to an activating group) is 1. The predicted octanol–water partition coefficient (Wildman–Crippen LogP) is 3.77. The molecule has 0 saturated carbocycles. The SMILES string of the molecule is COc1cc(C(=O)NCC(=O)c2ccc(OC)c(-c3ccc(F)c(C)c3)n2)ccc1OCCN(C)C. The Morgan fingerprint density at radius 1 is 0.972 bits per heavy atom. The van der Waals surface area contributed by atoms with Crippen LogP contribution in [0, 0.1) is 12.7 Å². The summed E-state index contributed by atoms with van der Waals surface area (Å²) in [6.07, 6.45) is 0. The summed E-state index contributed by atoms with van der Waals surface area (Å²) >= 11 is 0. The van der Waals surface area contributed by atoms with Gasteiger partial charge < -0.3 is 24.4 Å². The quantitative estimate of drug-likeness (QED) is 0.405. The topological polar surface area (TPSA) is 90.0 Å². The highest BCUT2D eigenvalue weighted by molar-refractivity contribution is 6.01. The van der Waals surface area contributed by atoms with Crippen molar-refractivity contribution in [2.24, 2.45) is 0 Å². The van der Waals surface area contributed by atoms with Crippen molar-refractivity contribution in [1.29, 1.82) is 0 Å². The van der Waals surface area contributed by atoms with E-state index in [1.807, 2.05) is 19.0 Å². The molecule has 0 aliphatic carbocycles. The van der Waals surface area contributed by atoms with Crippen LogP contribution in [0.25, 0.3) is 11.3 Å². The summed E-state index contributed by atoms with van der Waals surface area (Å²) in [5, 5.41) is 2.62. The Labute approximate surface area is 210 Å². The molecular formula is C27H30FN3O5. The summed E-state index contributed by atoms with van der Waals surface area (Å²) in [5.41, 5.74) is 1.95. The van der Waals surface area contributed by atoms with Crippen LogP contribution in [0.5, 0.6) is 17.2 Å². The molecule has 0 bridgehead atoms. The molecule has 8 nitrogen and oxygen atoms in total. The second-order valence-corrected chi connectivity index (χ2v) is 8.33. The maximum Gasteiger partial charge on any atom is 0.251 e. The van der Waals surface area contributed by atoms with E-state index < -0.39 is 5.91 Å². The Kier molecular flexibility index (Phi) is 8.97. The van der Waals surface area contributed by atoms with Crippen LogP contribution < -0.4 is 19.5 Å². The van der Waals surface area contributed by atoms with E-state index in [9.17, 15) is 14.0 Å². The van der Waals surface area contributed by atoms with Gasteiger partial charge in [-0.3, -0.25) is 9.59 Å². The van der Waals surface area contributed by atoms with Crippen molar-refractivity contribution < 1.29 is 28.2 Å². The summed E-state index contributed by atoms with van der Waals surface area (Å²) in [6, 6.07) is 12.5. The number of methoxy groups -OCH3 is 2. The number of ether oxygens (including phenoxy) is 3. The maximum absolute atomic E-state index is 13.7. The van der Waals surface area contributed by atoms with Crippen molar-refractivity contribution in [2.75, 3.05) is 48.0 Å². The molecule has 0 saturated heterocycles. The number of nitrogens with one attached hydrogen (secondary N) is 1. The predicted molar refractivity (Wildman–Crippen MR) is 135 cm³/mol. The van der Waals surface area contributed by atoms with Gasteiger partial charge in [0.25, 0.3) is 5.91 Å². The van der Waals surface area contributed by atoms with E-state index in [4.69, 9.17) is 14.2 Å². The number of nitrogens with zero attached hydrogens (tertiary/aromatic N) is 2. The lowest BCUT2D eigenvalue weighted by molar-refractivity contribution is 0.0902. The maximum atomic E-state index is 13.7. The molecule has 2 aromatic carbocycles. The van der Waals surface area contributed by atoms with Gasteiger partial charge in [0.1, 0.15) is 29.6 Å². The number of Topliss-reactive ketones (excluding diaryl/α,β-unsaturated/α-hetero) is 1. The highest BCUT2D eigenvalue weighted by Gasteiger charge is 2.17. The van der Waals surface area contributed by atoms with Crippen LogP contribution >= 0.6 is 0 Å². The minimum Gasteiger partial charge on any atom is -0.494 e. The summed E-state index contributed by atoms with van der Waals surface area (Å²) in [7, 11) is 6.88. The minimum absolute atomic E-state index is 0.148. The fourth-order valence-electron chi connectivity index (χ4n) is 3.38. The molecule has 0 spiro atoms. The van der Waals surface area contributed by atoms with E-state index in [0.717, 1.165) is 6.54 Å². The van der Waals surface area contributed by atoms with E-state index >= 15 is 0 Å². The molecule has 1 N–H and O–H groups in total. The number of benzene rings is 2. The standard InChI is InChI=1S/C27H30FN3O5/c1-17-14-18(6-8-20(17)28)26-24(34-4)11-9-21(30-26)22(32)16-29-27(33)19-7-10-23(25(15-19)35-5)36-13-12-31(2)3/h6-11,14-15H,12-13,16H2,1-5H3,(H,29,33). The molecule has 3 aromatic rings. The first-order valence-electron chi connectivity index (χ1n) is 11.3. The molecule has 0 radical (unpaired) electrons. The average molecular weight is 496 g/mol. The molecule has 3 rings (SSSR count). The summed E-state index contributed by atoms with van der Waals surface area (Å²) in [5.74, 6) is 0.229. The molecule has 0 aliphatic rings. The van der Waals surface area contributed by atoms with Gasteiger partial charge in [-0.1, -0.05) is 0 Å². The average Bonchev–Trinajstić information content (AvgIpc) is 2.88. The van der Waals surface area contributed by atoms with Crippen molar-refractivity contribution in [3.8, 4) is 28.5 Å². The monoisotopic (exact) mass is 495 g/mol. The van der Waals surface area contributed by atoms with Gasteiger partial charge in [0.05, 0.1) is 20.8 Å². The zero-order valence-corrected chi connectivity index (χ0v) is 21.1. The number of halogens is 1. The van der Waals surface area contributed by atoms with Crippen molar-refractivity contribution in [3.63, 3.8) is 0 Å². The normalized spacial score (nSPS) is 10.8. The fraction of sp³-hybridized carbons (Fsp3) is 0.296. The number of rotatable bonds is 11. The third-order valence-electron chi connectivity index (χ3n) is 5.43. The van der Waals surface area contributed by atoms with Gasteiger partial charge in [0.15, 0.2) is 17.3 Å². The van der Waals surface area contributed by atoms with E-state index in [-0.39, 0.29) is 23.8 Å². The van der Waals surface area contributed by atoms with Gasteiger partial charge in [-0.25, -0.2) is 9.37 Å². The van der Waals surface area contributed by atoms with Crippen LogP contribution in [0.4, 0.5) is 4.39 Å². The van der Waals surface area contributed by atoms with Crippen LogP contribution in [-0.2, 0) is 0 Å². The molecule has 0 aliphatic heterocycles. The number of hydrogen-bond acceptors (Lipinski definition) is 7. The fourth-order valence-corrected chi connectivity index (χ4v) is 3.38. The van der Waals surface area contributed by atoms with E-state index in [2.05, 4.69) is 10.3 Å². The molecule has 0 atom stereocenters. The van der Waals surface area contributed by atoms with Crippen molar-refractivity contribution in [1.82, 2.24) is 15.2 Å². The first-order valence-corrected chi connectivity index (χ1v) is 11.3. The lowest BCUT2D eigenvalue weighted by Gasteiger charge is -2.14. The van der Waals surface area contributed by atoms with Crippen LogP contribution in [0.2, 0.25) is 0 Å². The highest BCUT2D eigenvalue weighted by atomic mass is 19.1. The first kappa shape index (κ1) is 26.6. The van der Waals surface area contributed by atoms with Gasteiger partial charge in [-0.05, 0) is 75.1 Å². The number of carbonyl (C=O) groups excluding carboxylic acids is 2. The van der Waals surface area contributed by atoms with Crippen LogP contribution in [0.15, 0.2) is 48.5 Å². The lowest BCUT2D eigenvalue weighted by Crippen LogP contribution is -2.30. The molecule has 0 unspecified atom stereocenters. The number of carbonyl (C=O) groups is 2. The van der Waals surface area contributed by atoms with Crippen LogP contribution in [0.1, 0.15) is 26.4 Å². The molecule has 1 aromatic heterocycles. The molecule has 1 amide bonds. The van der Waals surface area contributed by atoms with Gasteiger partial charge in [-0.15, -0.1) is 0 Å². The van der Waals surface area contributed by atoms with Gasteiger partial charge >= 0.3 is 0 Å². The lowest BCUT2D eigenvalue weighted by atomic mass is 10.1. The molecule has 36 heavy (non-hydrogen) atoms. The van der Waals surface area contributed by atoms with E-state index in [1.54, 1.807) is 43.3 Å². The largest absolute Gasteiger partial charge is 0.494 e. The van der Waals surface area contributed by atoms with E-state index in [1.165, 1.54) is 26.4 Å². The summed E-state index contributed by atoms with van der Waals surface area (Å²) < 4.78 is 30.1. The zero-order valence-electron chi connectivity index (χ0n) is 21.1. The van der Waals surface area contributed by atoms with Crippen LogP contribution in [0.3, 0.4) is 0 Å². The molecule has 0 fully saturated rings. The Balaban J connectivity index is 1.71. The summed E-state index contributed by atoms with van der Waals surface area (Å²) in [4.78, 5) is 31.9. The number of aromatic nitrogens is 1. The molecule has 1 heterocycles. The Hall–Kier alpha value is -3.98. The third kappa shape index (κ3) is 6.57. The van der Waals surface area contributed by atoms with Gasteiger partial charge in [0, 0.05) is 17.7 Å². The van der Waals surface area contributed by atoms with Crippen molar-refractivity contribution >= 4 is 11.7 Å². The molecular weight excluding hydrogens is 465 g/mol. The number of hydrogen-bond donors (Lipinski definition) is 1. The molecule has 190 valence electrons. The van der Waals surface area contributed by atoms with Crippen molar-refractivity contribution in [2.45, 2.75) is 6.92 Å². The van der Waals surface area contributed by atoms with E-state index in [0.29, 0.717) is 46.2 Å². The van der Waals surface area contributed by atoms with Crippen LogP contribution in [-0.4, -0.2) is 69.6 Å². The number of pyridine rings is 1. The van der Waals surface area contributed by atoms with Gasteiger partial charge in [0.2, 0.25) is 0 Å². The summed E-state index contributed by atoms with van der Waals surface area (Å²) in [6.45, 7) is 2.59. The second kappa shape index (κ2) is 12.1.